The number of nitrogens with one attached hydrogen (secondary N) is 1. The Morgan fingerprint density at radius 3 is 2.77 bits per heavy atom. The van der Waals surface area contributed by atoms with Crippen LogP contribution in [0.5, 0.6) is 5.75 Å². The molecule has 2 aromatic rings. The summed E-state index contributed by atoms with van der Waals surface area (Å²) in [6.45, 7) is 9.28. The van der Waals surface area contributed by atoms with E-state index in [0.29, 0.717) is 6.54 Å². The maximum atomic E-state index is 12.0. The summed E-state index contributed by atoms with van der Waals surface area (Å²) in [4.78, 5) is 25.5. The molecule has 1 aromatic carbocycles. The van der Waals surface area contributed by atoms with E-state index in [2.05, 4.69) is 27.0 Å². The van der Waals surface area contributed by atoms with Crippen LogP contribution in [0.15, 0.2) is 36.5 Å². The summed E-state index contributed by atoms with van der Waals surface area (Å²) in [6, 6.07) is 9.82. The highest BCUT2D eigenvalue weighted by molar-refractivity contribution is 5.83. The molecule has 1 amide bonds. The molecule has 0 aliphatic carbocycles. The van der Waals surface area contributed by atoms with Crippen molar-refractivity contribution < 1.29 is 9.53 Å². The third-order valence-corrected chi connectivity index (χ3v) is 5.42. The number of nitrogens with zero attached hydrogens (tertiary/aromatic N) is 4. The zero-order valence-electron chi connectivity index (χ0n) is 18.5. The van der Waals surface area contributed by atoms with Crippen LogP contribution < -0.4 is 19.9 Å². The molecule has 1 aliphatic rings. The van der Waals surface area contributed by atoms with E-state index in [4.69, 9.17) is 9.72 Å². The summed E-state index contributed by atoms with van der Waals surface area (Å²) >= 11 is 0. The number of hydrogen-bond acceptors (Lipinski definition) is 6. The molecule has 0 saturated carbocycles. The number of carbonyl (C=O) groups excluding carboxylic acids is 1. The van der Waals surface area contributed by atoms with Crippen molar-refractivity contribution in [3.8, 4) is 5.75 Å². The van der Waals surface area contributed by atoms with Crippen molar-refractivity contribution in [3.05, 3.63) is 42.1 Å². The Morgan fingerprint density at radius 1 is 1.30 bits per heavy atom. The third kappa shape index (κ3) is 5.40. The minimum Gasteiger partial charge on any atom is -0.489 e. The second kappa shape index (κ2) is 10.3. The van der Waals surface area contributed by atoms with Crippen LogP contribution in [0.2, 0.25) is 0 Å². The van der Waals surface area contributed by atoms with Gasteiger partial charge in [0.2, 0.25) is 11.9 Å². The van der Waals surface area contributed by atoms with Crippen molar-refractivity contribution in [2.45, 2.75) is 45.6 Å². The lowest BCUT2D eigenvalue weighted by Crippen LogP contribution is -2.27. The lowest BCUT2D eigenvalue weighted by Gasteiger charge is -2.21. The maximum absolute atomic E-state index is 12.0. The lowest BCUT2D eigenvalue weighted by molar-refractivity contribution is -0.122. The van der Waals surface area contributed by atoms with Crippen LogP contribution in [0.3, 0.4) is 0 Å². The second-order valence-electron chi connectivity index (χ2n) is 7.80. The van der Waals surface area contributed by atoms with Gasteiger partial charge in [-0.05, 0) is 44.0 Å². The molecule has 1 N–H and O–H groups in total. The first-order chi connectivity index (χ1) is 14.5. The van der Waals surface area contributed by atoms with Crippen LogP contribution in [0.4, 0.5) is 11.8 Å². The molecule has 7 heteroatoms. The van der Waals surface area contributed by atoms with E-state index in [9.17, 15) is 4.79 Å². The minimum atomic E-state index is -0.168. The molecule has 7 nitrogen and oxygen atoms in total. The number of aromatic nitrogens is 2. The van der Waals surface area contributed by atoms with Crippen LogP contribution >= 0.6 is 0 Å². The first kappa shape index (κ1) is 21.9. The van der Waals surface area contributed by atoms with Crippen molar-refractivity contribution in [1.82, 2.24) is 15.3 Å². The van der Waals surface area contributed by atoms with Gasteiger partial charge in [-0.3, -0.25) is 4.79 Å². The topological polar surface area (TPSA) is 70.6 Å². The molecule has 1 aromatic heterocycles. The van der Waals surface area contributed by atoms with E-state index in [-0.39, 0.29) is 17.9 Å². The normalized spacial score (nSPS) is 16.9. The molecule has 0 radical (unpaired) electrons. The molecule has 1 fully saturated rings. The van der Waals surface area contributed by atoms with Crippen molar-refractivity contribution in [3.63, 3.8) is 0 Å². The molecule has 1 unspecified atom stereocenters. The highest BCUT2D eigenvalue weighted by Gasteiger charge is 2.25. The van der Waals surface area contributed by atoms with Crippen molar-refractivity contribution in [2.24, 2.45) is 0 Å². The zero-order chi connectivity index (χ0) is 21.5. The monoisotopic (exact) mass is 411 g/mol. The smallest absolute Gasteiger partial charge is 0.227 e. The average Bonchev–Trinajstić information content (AvgIpc) is 3.23. The molecular formula is C23H33N5O2. The second-order valence-corrected chi connectivity index (χ2v) is 7.80. The van der Waals surface area contributed by atoms with E-state index in [1.54, 1.807) is 0 Å². The fourth-order valence-electron chi connectivity index (χ4n) is 3.67. The van der Waals surface area contributed by atoms with Gasteiger partial charge in [-0.15, -0.1) is 0 Å². The summed E-state index contributed by atoms with van der Waals surface area (Å²) < 4.78 is 6.19. The van der Waals surface area contributed by atoms with Gasteiger partial charge in [0.05, 0.1) is 12.5 Å². The van der Waals surface area contributed by atoms with Gasteiger partial charge in [-0.1, -0.05) is 19.1 Å². The molecule has 30 heavy (non-hydrogen) atoms. The fraction of sp³-hybridized carbons (Fsp3) is 0.522. The summed E-state index contributed by atoms with van der Waals surface area (Å²) in [5.74, 6) is 2.42. The summed E-state index contributed by atoms with van der Waals surface area (Å²) in [6.07, 6.45) is 3.95. The molecule has 0 bridgehead atoms. The fourth-order valence-corrected chi connectivity index (χ4v) is 3.67. The number of rotatable bonds is 9. The average molecular weight is 412 g/mol. The Labute approximate surface area is 179 Å². The maximum Gasteiger partial charge on any atom is 0.227 e. The number of benzene rings is 1. The van der Waals surface area contributed by atoms with Gasteiger partial charge in [0.15, 0.2) is 0 Å². The van der Waals surface area contributed by atoms with Gasteiger partial charge in [-0.2, -0.15) is 4.98 Å². The van der Waals surface area contributed by atoms with Crippen LogP contribution in [-0.2, 0) is 4.79 Å². The SMILES string of the molecule is CCCN(C)c1nccc(N2CC[C@@H](Oc3ccc(C(C)C(=O)NCC)cc3)C2)n1. The predicted octanol–water partition coefficient (Wildman–Crippen LogP) is 3.22. The Balaban J connectivity index is 1.57. The minimum absolute atomic E-state index is 0.0476. The highest BCUT2D eigenvalue weighted by Crippen LogP contribution is 2.25. The molecule has 2 heterocycles. The molecular weight excluding hydrogens is 378 g/mol. The Bertz CT molecular complexity index is 827. The van der Waals surface area contributed by atoms with Gasteiger partial charge in [0.25, 0.3) is 0 Å². The quantitative estimate of drug-likeness (QED) is 0.683. The number of likely N-dealkylation sites (N-methyl/N-ethyl adjacent to an activating group) is 1. The number of anilines is 2. The zero-order valence-corrected chi connectivity index (χ0v) is 18.5. The van der Waals surface area contributed by atoms with Crippen molar-refractivity contribution in [1.29, 1.82) is 0 Å². The van der Waals surface area contributed by atoms with E-state index in [1.807, 2.05) is 57.4 Å². The van der Waals surface area contributed by atoms with Gasteiger partial charge in [-0.25, -0.2) is 4.98 Å². The van der Waals surface area contributed by atoms with Crippen LogP contribution in [-0.4, -0.2) is 55.2 Å². The Hall–Kier alpha value is -2.83. The van der Waals surface area contributed by atoms with Gasteiger partial charge in [0.1, 0.15) is 17.7 Å². The molecule has 3 rings (SSSR count). The van der Waals surface area contributed by atoms with E-state index < -0.39 is 0 Å². The molecule has 1 saturated heterocycles. The number of ether oxygens (including phenoxy) is 1. The molecule has 0 spiro atoms. The Morgan fingerprint density at radius 2 is 2.07 bits per heavy atom. The van der Waals surface area contributed by atoms with Crippen LogP contribution in [0, 0.1) is 0 Å². The lowest BCUT2D eigenvalue weighted by atomic mass is 10.0. The van der Waals surface area contributed by atoms with Crippen molar-refractivity contribution in [2.75, 3.05) is 43.0 Å². The molecule has 1 aliphatic heterocycles. The highest BCUT2D eigenvalue weighted by atomic mass is 16.5. The van der Waals surface area contributed by atoms with Gasteiger partial charge >= 0.3 is 0 Å². The van der Waals surface area contributed by atoms with Gasteiger partial charge in [0, 0.05) is 39.3 Å². The Kier molecular flexibility index (Phi) is 7.49. The summed E-state index contributed by atoms with van der Waals surface area (Å²) in [7, 11) is 2.02. The first-order valence-corrected chi connectivity index (χ1v) is 10.8. The number of hydrogen-bond donors (Lipinski definition) is 1. The number of amides is 1. The van der Waals surface area contributed by atoms with E-state index >= 15 is 0 Å². The first-order valence-electron chi connectivity index (χ1n) is 10.8. The van der Waals surface area contributed by atoms with Crippen LogP contribution in [0.1, 0.15) is 45.1 Å². The molecule has 2 atom stereocenters. The van der Waals surface area contributed by atoms with E-state index in [1.165, 1.54) is 0 Å². The van der Waals surface area contributed by atoms with Crippen molar-refractivity contribution >= 4 is 17.7 Å². The number of carbonyl (C=O) groups is 1. The van der Waals surface area contributed by atoms with Gasteiger partial charge < -0.3 is 19.9 Å². The molecule has 162 valence electrons. The van der Waals surface area contributed by atoms with E-state index in [0.717, 1.165) is 55.6 Å². The predicted molar refractivity (Wildman–Crippen MR) is 120 cm³/mol. The standard InChI is InChI=1S/C23H33N5O2/c1-5-14-27(4)23-25-13-11-21(26-23)28-15-12-20(16-28)30-19-9-7-18(8-10-19)17(3)22(29)24-6-2/h7-11,13,17,20H,5-6,12,14-16H2,1-4H3,(H,24,29)/t17?,20-/m1/s1. The van der Waals surface area contributed by atoms with Crippen LogP contribution in [0.25, 0.3) is 0 Å². The third-order valence-electron chi connectivity index (χ3n) is 5.42. The largest absolute Gasteiger partial charge is 0.489 e. The summed E-state index contributed by atoms with van der Waals surface area (Å²) in [5.41, 5.74) is 0.992. The summed E-state index contributed by atoms with van der Waals surface area (Å²) in [5, 5.41) is 2.87.